The largest absolute Gasteiger partial charge is 0.393 e. The van der Waals surface area contributed by atoms with Crippen molar-refractivity contribution in [1.82, 2.24) is 4.31 Å². The Balaban J connectivity index is 2.34. The highest BCUT2D eigenvalue weighted by Crippen LogP contribution is 2.29. The van der Waals surface area contributed by atoms with Gasteiger partial charge in [-0.3, -0.25) is 16.0 Å². The minimum Gasteiger partial charge on any atom is -0.393 e. The Bertz CT molecular complexity index is 640. The maximum absolute atomic E-state index is 12.4. The number of aliphatic hydroxyl groups is 1. The summed E-state index contributed by atoms with van der Waals surface area (Å²) < 4.78 is 26.1. The predicted molar refractivity (Wildman–Crippen MR) is 74.9 cm³/mol. The molecular formula is C11H16N4O5S. The van der Waals surface area contributed by atoms with E-state index in [-0.39, 0.29) is 29.4 Å². The number of benzene rings is 1. The number of hydrazine groups is 1. The molecule has 21 heavy (non-hydrogen) atoms. The molecule has 1 aliphatic heterocycles. The molecule has 0 saturated carbocycles. The number of nitrogen functional groups attached to an aromatic ring is 1. The Morgan fingerprint density at radius 2 is 2.00 bits per heavy atom. The molecular weight excluding hydrogens is 300 g/mol. The summed E-state index contributed by atoms with van der Waals surface area (Å²) in [5, 5.41) is 20.2. The van der Waals surface area contributed by atoms with Crippen LogP contribution in [0.2, 0.25) is 0 Å². The molecule has 116 valence electrons. The topological polar surface area (TPSA) is 139 Å². The number of nitro benzene ring substituents is 1. The van der Waals surface area contributed by atoms with Crippen molar-refractivity contribution >= 4 is 21.4 Å². The summed E-state index contributed by atoms with van der Waals surface area (Å²) in [4.78, 5) is 10.1. The molecule has 2 rings (SSSR count). The second-order valence-corrected chi connectivity index (χ2v) is 6.65. The van der Waals surface area contributed by atoms with Gasteiger partial charge in [0.1, 0.15) is 5.69 Å². The highest BCUT2D eigenvalue weighted by molar-refractivity contribution is 7.89. The number of rotatable bonds is 4. The van der Waals surface area contributed by atoms with Crippen molar-refractivity contribution in [3.8, 4) is 0 Å². The Labute approximate surface area is 121 Å². The van der Waals surface area contributed by atoms with Crippen LogP contribution in [0.3, 0.4) is 0 Å². The summed E-state index contributed by atoms with van der Waals surface area (Å²) in [5.74, 6) is 5.20. The van der Waals surface area contributed by atoms with E-state index in [4.69, 9.17) is 5.84 Å². The van der Waals surface area contributed by atoms with Crippen LogP contribution in [0.1, 0.15) is 12.8 Å². The first-order valence-corrected chi connectivity index (χ1v) is 7.73. The fourth-order valence-electron chi connectivity index (χ4n) is 2.18. The second kappa shape index (κ2) is 5.93. The summed E-state index contributed by atoms with van der Waals surface area (Å²) in [6.45, 7) is 0.428. The lowest BCUT2D eigenvalue weighted by atomic mass is 10.1. The third kappa shape index (κ3) is 3.13. The standard InChI is InChI=1S/C11H16N4O5S/c12-13-10-7-9(1-2-11(10)15(17)18)21(19,20)14-5-3-8(16)4-6-14/h1-2,7-8,13,16H,3-6,12H2. The van der Waals surface area contributed by atoms with Crippen LogP contribution >= 0.6 is 0 Å². The van der Waals surface area contributed by atoms with Crippen LogP contribution in [0.15, 0.2) is 23.1 Å². The lowest BCUT2D eigenvalue weighted by Gasteiger charge is -2.28. The van der Waals surface area contributed by atoms with E-state index in [1.165, 1.54) is 10.4 Å². The van der Waals surface area contributed by atoms with Crippen LogP contribution in [0.4, 0.5) is 11.4 Å². The minimum atomic E-state index is -3.76. The fraction of sp³-hybridized carbons (Fsp3) is 0.455. The van der Waals surface area contributed by atoms with Crippen molar-refractivity contribution in [3.63, 3.8) is 0 Å². The van der Waals surface area contributed by atoms with E-state index < -0.39 is 21.1 Å². The van der Waals surface area contributed by atoms with Gasteiger partial charge >= 0.3 is 0 Å². The number of nitrogens with one attached hydrogen (secondary N) is 1. The molecule has 10 heteroatoms. The molecule has 1 heterocycles. The maximum Gasteiger partial charge on any atom is 0.293 e. The monoisotopic (exact) mass is 316 g/mol. The van der Waals surface area contributed by atoms with Gasteiger partial charge in [0, 0.05) is 19.2 Å². The zero-order valence-electron chi connectivity index (χ0n) is 11.1. The number of hydrogen-bond acceptors (Lipinski definition) is 7. The number of nitrogens with two attached hydrogens (primary N) is 1. The summed E-state index contributed by atoms with van der Waals surface area (Å²) >= 11 is 0. The van der Waals surface area contributed by atoms with E-state index >= 15 is 0 Å². The van der Waals surface area contributed by atoms with Crippen molar-refractivity contribution in [2.45, 2.75) is 23.8 Å². The van der Waals surface area contributed by atoms with Crippen molar-refractivity contribution in [2.75, 3.05) is 18.5 Å². The van der Waals surface area contributed by atoms with Gasteiger partial charge in [-0.2, -0.15) is 4.31 Å². The second-order valence-electron chi connectivity index (χ2n) is 4.72. The highest BCUT2D eigenvalue weighted by Gasteiger charge is 2.30. The van der Waals surface area contributed by atoms with Crippen LogP contribution in [0, 0.1) is 10.1 Å². The average molecular weight is 316 g/mol. The molecule has 9 nitrogen and oxygen atoms in total. The first-order valence-electron chi connectivity index (χ1n) is 6.29. The van der Waals surface area contributed by atoms with E-state index in [1.54, 1.807) is 0 Å². The normalized spacial score (nSPS) is 17.6. The van der Waals surface area contributed by atoms with Crippen LogP contribution < -0.4 is 11.3 Å². The van der Waals surface area contributed by atoms with E-state index in [0.717, 1.165) is 12.1 Å². The number of piperidine rings is 1. The fourth-order valence-corrected chi connectivity index (χ4v) is 3.68. The number of nitrogens with zero attached hydrogens (tertiary/aromatic N) is 2. The molecule has 4 N–H and O–H groups in total. The Morgan fingerprint density at radius 1 is 1.38 bits per heavy atom. The molecule has 0 unspecified atom stereocenters. The molecule has 0 atom stereocenters. The highest BCUT2D eigenvalue weighted by atomic mass is 32.2. The molecule has 1 saturated heterocycles. The Hall–Kier alpha value is -1.75. The lowest BCUT2D eigenvalue weighted by molar-refractivity contribution is -0.384. The Kier molecular flexibility index (Phi) is 4.42. The maximum atomic E-state index is 12.4. The van der Waals surface area contributed by atoms with E-state index in [1.807, 2.05) is 0 Å². The molecule has 0 aromatic heterocycles. The molecule has 0 spiro atoms. The quantitative estimate of drug-likeness (QED) is 0.404. The van der Waals surface area contributed by atoms with E-state index in [9.17, 15) is 23.6 Å². The van der Waals surface area contributed by atoms with Gasteiger partial charge < -0.3 is 10.5 Å². The van der Waals surface area contributed by atoms with Gasteiger partial charge in [0.15, 0.2) is 0 Å². The molecule has 1 aromatic rings. The minimum absolute atomic E-state index is 0.0712. The summed E-state index contributed by atoms with van der Waals surface area (Å²) in [6, 6.07) is 3.42. The first kappa shape index (κ1) is 15.6. The Morgan fingerprint density at radius 3 is 2.52 bits per heavy atom. The van der Waals surface area contributed by atoms with Crippen LogP contribution in [0.25, 0.3) is 0 Å². The van der Waals surface area contributed by atoms with Crippen molar-refractivity contribution in [2.24, 2.45) is 5.84 Å². The lowest BCUT2D eigenvalue weighted by Crippen LogP contribution is -2.40. The molecule has 0 aliphatic carbocycles. The predicted octanol–water partition coefficient (Wildman–Crippen LogP) is 0.0258. The average Bonchev–Trinajstić information content (AvgIpc) is 2.46. The molecule has 1 aromatic carbocycles. The molecule has 1 aliphatic rings. The molecule has 1 fully saturated rings. The molecule has 0 bridgehead atoms. The number of anilines is 1. The summed E-state index contributed by atoms with van der Waals surface area (Å²) in [6.07, 6.45) is 0.247. The summed E-state index contributed by atoms with van der Waals surface area (Å²) in [7, 11) is -3.76. The van der Waals surface area contributed by atoms with Gasteiger partial charge in [-0.15, -0.1) is 0 Å². The zero-order valence-corrected chi connectivity index (χ0v) is 11.9. The van der Waals surface area contributed by atoms with Crippen LogP contribution in [0.5, 0.6) is 0 Å². The first-order chi connectivity index (χ1) is 9.86. The van der Waals surface area contributed by atoms with Gasteiger partial charge in [0.2, 0.25) is 10.0 Å². The van der Waals surface area contributed by atoms with E-state index in [0.29, 0.717) is 12.8 Å². The summed E-state index contributed by atoms with van der Waals surface area (Å²) in [5.41, 5.74) is 1.76. The van der Waals surface area contributed by atoms with Gasteiger partial charge in [-0.1, -0.05) is 0 Å². The van der Waals surface area contributed by atoms with Crippen LogP contribution in [-0.4, -0.2) is 41.9 Å². The smallest absolute Gasteiger partial charge is 0.293 e. The number of nitro groups is 1. The van der Waals surface area contributed by atoms with Gasteiger partial charge in [0.25, 0.3) is 5.69 Å². The van der Waals surface area contributed by atoms with Gasteiger partial charge in [-0.25, -0.2) is 8.42 Å². The number of aliphatic hydroxyl groups excluding tert-OH is 1. The SMILES string of the molecule is NNc1cc(S(=O)(=O)N2CCC(O)CC2)ccc1[N+](=O)[O-]. The van der Waals surface area contributed by atoms with E-state index in [2.05, 4.69) is 5.43 Å². The number of hydrogen-bond donors (Lipinski definition) is 3. The molecule has 0 amide bonds. The van der Waals surface area contributed by atoms with Crippen LogP contribution in [-0.2, 0) is 10.0 Å². The zero-order chi connectivity index (χ0) is 15.6. The third-order valence-electron chi connectivity index (χ3n) is 3.38. The van der Waals surface area contributed by atoms with Crippen molar-refractivity contribution in [3.05, 3.63) is 28.3 Å². The molecule has 0 radical (unpaired) electrons. The van der Waals surface area contributed by atoms with Gasteiger partial charge in [0.05, 0.1) is 15.9 Å². The van der Waals surface area contributed by atoms with Crippen molar-refractivity contribution in [1.29, 1.82) is 0 Å². The van der Waals surface area contributed by atoms with Crippen molar-refractivity contribution < 1.29 is 18.4 Å². The third-order valence-corrected chi connectivity index (χ3v) is 5.28. The number of sulfonamides is 1. The van der Waals surface area contributed by atoms with Gasteiger partial charge in [-0.05, 0) is 25.0 Å².